The van der Waals surface area contributed by atoms with Crippen LogP contribution >= 0.6 is 0 Å². The van der Waals surface area contributed by atoms with Crippen LogP contribution in [0.25, 0.3) is 0 Å². The third kappa shape index (κ3) is 1.67. The predicted octanol–water partition coefficient (Wildman–Crippen LogP) is 1.56. The second-order valence-electron chi connectivity index (χ2n) is 0.958. The molecule has 46 valence electrons. The Morgan fingerprint density at radius 2 is 1.75 bits per heavy atom. The summed E-state index contributed by atoms with van der Waals surface area (Å²) in [6, 6.07) is 0. The molecule has 0 atom stereocenters. The lowest BCUT2D eigenvalue weighted by Crippen LogP contribution is -2.18. The first kappa shape index (κ1) is 7.06. The molecule has 6 heteroatoms. The first-order chi connectivity index (χ1) is 3.48. The van der Waals surface area contributed by atoms with Gasteiger partial charge >= 0.3 is 6.18 Å². The van der Waals surface area contributed by atoms with Crippen LogP contribution in [0, 0.1) is 10.9 Å². The Morgan fingerprint density at radius 3 is 1.75 bits per heavy atom. The zero-order valence-electron chi connectivity index (χ0n) is 3.58. The maximum atomic E-state index is 11.0. The monoisotopic (exact) mass is 125 g/mol. The van der Waals surface area contributed by atoms with Crippen LogP contribution in [0.15, 0.2) is 5.11 Å². The fourth-order valence-corrected chi connectivity index (χ4v) is 0.0634. The van der Waals surface area contributed by atoms with E-state index < -0.39 is 12.0 Å². The lowest BCUT2D eigenvalue weighted by molar-refractivity contribution is -0.0609. The molecule has 0 fully saturated rings. The molecule has 0 aliphatic heterocycles. The number of hydrogen-bond acceptors (Lipinski definition) is 2. The summed E-state index contributed by atoms with van der Waals surface area (Å²) >= 11 is 0. The van der Waals surface area contributed by atoms with Crippen LogP contribution in [0.3, 0.4) is 0 Å². The Bertz CT molecular complexity index is 114. The maximum absolute atomic E-state index is 11.0. The van der Waals surface area contributed by atoms with Gasteiger partial charge < -0.3 is 0 Å². The largest absolute Gasteiger partial charge is 0.452 e. The molecule has 0 rings (SSSR count). The van der Waals surface area contributed by atoms with Crippen molar-refractivity contribution in [1.82, 2.24) is 0 Å². The molecule has 8 heavy (non-hydrogen) atoms. The lowest BCUT2D eigenvalue weighted by Gasteiger charge is -1.98. The van der Waals surface area contributed by atoms with E-state index in [4.69, 9.17) is 10.9 Å². The third-order valence-corrected chi connectivity index (χ3v) is 0.380. The number of rotatable bonds is 0. The van der Waals surface area contributed by atoms with Crippen LogP contribution in [0.5, 0.6) is 0 Å². The summed E-state index contributed by atoms with van der Waals surface area (Å²) in [5.41, 5.74) is 5.74. The SMILES string of the molecule is N=NC(=N)C(F)(F)F. The molecule has 0 aliphatic carbocycles. The number of alkyl halides is 3. The molecule has 0 radical (unpaired) electrons. The second-order valence-corrected chi connectivity index (χ2v) is 0.958. The molecule has 2 N–H and O–H groups in total. The van der Waals surface area contributed by atoms with Crippen LogP contribution in [0.2, 0.25) is 0 Å². The highest BCUT2D eigenvalue weighted by molar-refractivity contribution is 5.84. The Hall–Kier alpha value is -0.940. The summed E-state index contributed by atoms with van der Waals surface area (Å²) < 4.78 is 33.0. The summed E-state index contributed by atoms with van der Waals surface area (Å²) in [4.78, 5) is 0. The molecule has 0 spiro atoms. The molecule has 0 unspecified atom stereocenters. The molecule has 0 aromatic heterocycles. The minimum absolute atomic E-state index is 1.87. The molecule has 0 aromatic carbocycles. The van der Waals surface area contributed by atoms with Gasteiger partial charge in [0.1, 0.15) is 0 Å². The van der Waals surface area contributed by atoms with Gasteiger partial charge in [-0.3, -0.25) is 5.41 Å². The van der Waals surface area contributed by atoms with Crippen molar-refractivity contribution in [3.63, 3.8) is 0 Å². The minimum Gasteiger partial charge on any atom is -0.277 e. The van der Waals surface area contributed by atoms with Gasteiger partial charge in [0.2, 0.25) is 5.84 Å². The molecule has 0 heterocycles. The van der Waals surface area contributed by atoms with Crippen molar-refractivity contribution in [2.24, 2.45) is 5.11 Å². The third-order valence-electron chi connectivity index (χ3n) is 0.380. The summed E-state index contributed by atoms with van der Waals surface area (Å²) in [6.45, 7) is 0. The van der Waals surface area contributed by atoms with Crippen molar-refractivity contribution in [2.45, 2.75) is 6.18 Å². The van der Waals surface area contributed by atoms with E-state index in [0.717, 1.165) is 0 Å². The highest BCUT2D eigenvalue weighted by atomic mass is 19.4. The summed E-state index contributed by atoms with van der Waals surface area (Å²) in [6.07, 6.45) is -4.76. The first-order valence-electron chi connectivity index (χ1n) is 1.51. The topological polar surface area (TPSA) is 60.1 Å². The fraction of sp³-hybridized carbons (Fsp3) is 0.500. The standard InChI is InChI=1S/C2H2F3N3/c3-2(4,5)1(6)8-7/h6-7H. The van der Waals surface area contributed by atoms with Gasteiger partial charge in [0.25, 0.3) is 0 Å². The van der Waals surface area contributed by atoms with E-state index >= 15 is 0 Å². The van der Waals surface area contributed by atoms with E-state index in [9.17, 15) is 13.2 Å². The Balaban J connectivity index is 4.02. The first-order valence-corrected chi connectivity index (χ1v) is 1.51. The predicted molar refractivity (Wildman–Crippen MR) is 18.9 cm³/mol. The Morgan fingerprint density at radius 1 is 1.38 bits per heavy atom. The van der Waals surface area contributed by atoms with E-state index in [0.29, 0.717) is 0 Å². The van der Waals surface area contributed by atoms with Crippen LogP contribution in [0.1, 0.15) is 0 Å². The quantitative estimate of drug-likeness (QED) is 0.280. The molecule has 0 saturated carbocycles. The van der Waals surface area contributed by atoms with Gasteiger partial charge in [0, 0.05) is 0 Å². The molecule has 0 aromatic rings. The Labute approximate surface area is 42.5 Å². The Kier molecular flexibility index (Phi) is 1.67. The number of nitrogens with zero attached hydrogens (tertiary/aromatic N) is 1. The van der Waals surface area contributed by atoms with Crippen LogP contribution in [0.4, 0.5) is 13.2 Å². The van der Waals surface area contributed by atoms with E-state index in [1.54, 1.807) is 0 Å². The molecular formula is C2H2F3N3. The smallest absolute Gasteiger partial charge is 0.277 e. The van der Waals surface area contributed by atoms with Crippen LogP contribution < -0.4 is 0 Å². The molecule has 0 bridgehead atoms. The zero-order chi connectivity index (χ0) is 6.78. The van der Waals surface area contributed by atoms with Crippen molar-refractivity contribution < 1.29 is 13.2 Å². The van der Waals surface area contributed by atoms with E-state index in [1.165, 1.54) is 0 Å². The van der Waals surface area contributed by atoms with Gasteiger partial charge in [-0.25, -0.2) is 5.53 Å². The number of nitrogens with one attached hydrogen (secondary N) is 2. The van der Waals surface area contributed by atoms with Gasteiger partial charge in [-0.2, -0.15) is 13.2 Å². The van der Waals surface area contributed by atoms with E-state index in [2.05, 4.69) is 0 Å². The minimum atomic E-state index is -4.76. The maximum Gasteiger partial charge on any atom is 0.452 e. The van der Waals surface area contributed by atoms with E-state index in [1.807, 2.05) is 5.11 Å². The number of amidine groups is 1. The highest BCUT2D eigenvalue weighted by Gasteiger charge is 2.34. The summed E-state index contributed by atoms with van der Waals surface area (Å²) in [7, 11) is 0. The average molecular weight is 125 g/mol. The summed E-state index contributed by atoms with van der Waals surface area (Å²) in [5, 5.41) is 7.78. The van der Waals surface area contributed by atoms with Crippen molar-refractivity contribution in [1.29, 1.82) is 10.9 Å². The van der Waals surface area contributed by atoms with Crippen molar-refractivity contribution in [3.8, 4) is 0 Å². The van der Waals surface area contributed by atoms with Crippen molar-refractivity contribution >= 4 is 5.84 Å². The van der Waals surface area contributed by atoms with Crippen molar-refractivity contribution in [2.75, 3.05) is 0 Å². The van der Waals surface area contributed by atoms with Gasteiger partial charge in [0.15, 0.2) is 0 Å². The van der Waals surface area contributed by atoms with Gasteiger partial charge in [0.05, 0.1) is 0 Å². The van der Waals surface area contributed by atoms with Crippen LogP contribution in [-0.2, 0) is 0 Å². The molecule has 3 nitrogen and oxygen atoms in total. The lowest BCUT2D eigenvalue weighted by atomic mass is 10.6. The molecule has 0 amide bonds. The number of hydrogen-bond donors (Lipinski definition) is 2. The van der Waals surface area contributed by atoms with Gasteiger partial charge in [-0.1, -0.05) is 0 Å². The van der Waals surface area contributed by atoms with Gasteiger partial charge in [-0.05, 0) is 0 Å². The normalized spacial score (nSPS) is 10.9. The van der Waals surface area contributed by atoms with Crippen molar-refractivity contribution in [3.05, 3.63) is 0 Å². The zero-order valence-corrected chi connectivity index (χ0v) is 3.58. The van der Waals surface area contributed by atoms with E-state index in [-0.39, 0.29) is 0 Å². The highest BCUT2D eigenvalue weighted by Crippen LogP contribution is 2.15. The molecular weight excluding hydrogens is 123 g/mol. The molecule has 0 aliphatic rings. The summed E-state index contributed by atoms with van der Waals surface area (Å²) in [5.74, 6) is -1.88. The van der Waals surface area contributed by atoms with Gasteiger partial charge in [-0.15, -0.1) is 5.11 Å². The van der Waals surface area contributed by atoms with Crippen LogP contribution in [-0.4, -0.2) is 12.0 Å². The average Bonchev–Trinajstić information content (AvgIpc) is 1.62. The number of halogens is 3. The molecule has 0 saturated heterocycles. The second kappa shape index (κ2) is 1.89. The fourth-order valence-electron chi connectivity index (χ4n) is 0.0634.